The summed E-state index contributed by atoms with van der Waals surface area (Å²) in [5.41, 5.74) is 0.843. The van der Waals surface area contributed by atoms with E-state index < -0.39 is 0 Å². The number of furan rings is 1. The molecule has 0 aliphatic heterocycles. The SMILES string of the molecule is CN=C(NCCCNC(=O)c1occc1C)NCCOCCC(C)C.I. The second-order valence-corrected chi connectivity index (χ2v) is 6.26. The monoisotopic (exact) mass is 480 g/mol. The zero-order chi connectivity index (χ0) is 18.5. The van der Waals surface area contributed by atoms with Gasteiger partial charge in [0.15, 0.2) is 11.7 Å². The van der Waals surface area contributed by atoms with Gasteiger partial charge in [0, 0.05) is 38.9 Å². The molecule has 150 valence electrons. The predicted molar refractivity (Wildman–Crippen MR) is 115 cm³/mol. The van der Waals surface area contributed by atoms with Crippen LogP contribution in [0.2, 0.25) is 0 Å². The highest BCUT2D eigenvalue weighted by Gasteiger charge is 2.11. The first-order valence-electron chi connectivity index (χ1n) is 8.89. The van der Waals surface area contributed by atoms with Crippen LogP contribution in [0, 0.1) is 12.8 Å². The number of nitrogens with zero attached hydrogens (tertiary/aromatic N) is 1. The number of carbonyl (C=O) groups excluding carboxylic acids is 1. The average Bonchev–Trinajstić information content (AvgIpc) is 3.01. The number of hydrogen-bond acceptors (Lipinski definition) is 4. The molecule has 1 rings (SSSR count). The van der Waals surface area contributed by atoms with Crippen molar-refractivity contribution in [2.75, 3.05) is 39.9 Å². The van der Waals surface area contributed by atoms with E-state index in [0.29, 0.717) is 37.9 Å². The van der Waals surface area contributed by atoms with Crippen LogP contribution >= 0.6 is 24.0 Å². The molecular weight excluding hydrogens is 447 g/mol. The van der Waals surface area contributed by atoms with E-state index in [2.05, 4.69) is 34.8 Å². The van der Waals surface area contributed by atoms with Crippen molar-refractivity contribution >= 4 is 35.8 Å². The Labute approximate surface area is 173 Å². The number of hydrogen-bond donors (Lipinski definition) is 3. The molecule has 3 N–H and O–H groups in total. The molecule has 0 saturated carbocycles. The number of aryl methyl sites for hydroxylation is 1. The third-order valence-corrected chi connectivity index (χ3v) is 3.60. The minimum Gasteiger partial charge on any atom is -0.459 e. The standard InChI is InChI=1S/C18H32N4O3.HI/c1-14(2)6-11-24-13-10-22-18(19-4)21-9-5-8-20-17(23)16-15(3)7-12-25-16;/h7,12,14H,5-6,8-11,13H2,1-4H3,(H,20,23)(H2,19,21,22);1H. The van der Waals surface area contributed by atoms with Crippen molar-refractivity contribution in [2.45, 2.75) is 33.6 Å². The van der Waals surface area contributed by atoms with E-state index in [9.17, 15) is 4.79 Å². The summed E-state index contributed by atoms with van der Waals surface area (Å²) < 4.78 is 10.7. The fourth-order valence-electron chi connectivity index (χ4n) is 2.07. The Balaban J connectivity index is 0.00000625. The number of guanidine groups is 1. The number of carbonyl (C=O) groups is 1. The Bertz CT molecular complexity index is 532. The minimum atomic E-state index is -0.177. The summed E-state index contributed by atoms with van der Waals surface area (Å²) in [4.78, 5) is 16.0. The lowest BCUT2D eigenvalue weighted by molar-refractivity contribution is 0.0925. The van der Waals surface area contributed by atoms with Crippen LogP contribution in [0.15, 0.2) is 21.7 Å². The number of aliphatic imine (C=N–C) groups is 1. The van der Waals surface area contributed by atoms with Gasteiger partial charge in [-0.2, -0.15) is 0 Å². The predicted octanol–water partition coefficient (Wildman–Crippen LogP) is 2.55. The number of rotatable bonds is 11. The van der Waals surface area contributed by atoms with Gasteiger partial charge in [0.05, 0.1) is 12.9 Å². The molecule has 0 atom stereocenters. The van der Waals surface area contributed by atoms with Crippen LogP contribution in [0.3, 0.4) is 0 Å². The van der Waals surface area contributed by atoms with E-state index in [-0.39, 0.29) is 29.9 Å². The topological polar surface area (TPSA) is 87.9 Å². The van der Waals surface area contributed by atoms with Crippen LogP contribution in [0.25, 0.3) is 0 Å². The lowest BCUT2D eigenvalue weighted by Gasteiger charge is -2.12. The van der Waals surface area contributed by atoms with E-state index in [1.165, 1.54) is 6.26 Å². The quantitative estimate of drug-likeness (QED) is 0.196. The van der Waals surface area contributed by atoms with E-state index in [1.54, 1.807) is 13.1 Å². The van der Waals surface area contributed by atoms with Gasteiger partial charge < -0.3 is 25.1 Å². The fourth-order valence-corrected chi connectivity index (χ4v) is 2.07. The summed E-state index contributed by atoms with van der Waals surface area (Å²) in [7, 11) is 1.73. The van der Waals surface area contributed by atoms with E-state index in [0.717, 1.165) is 31.0 Å². The summed E-state index contributed by atoms with van der Waals surface area (Å²) in [6.45, 7) is 9.67. The molecule has 0 aliphatic rings. The lowest BCUT2D eigenvalue weighted by atomic mass is 10.1. The molecule has 0 spiro atoms. The largest absolute Gasteiger partial charge is 0.459 e. The molecule has 1 amide bonds. The Morgan fingerprint density at radius 2 is 1.88 bits per heavy atom. The van der Waals surface area contributed by atoms with Gasteiger partial charge >= 0.3 is 0 Å². The van der Waals surface area contributed by atoms with Crippen molar-refractivity contribution in [3.63, 3.8) is 0 Å². The Hall–Kier alpha value is -1.29. The minimum absolute atomic E-state index is 0. The maximum atomic E-state index is 11.9. The maximum absolute atomic E-state index is 11.9. The van der Waals surface area contributed by atoms with Crippen LogP contribution < -0.4 is 16.0 Å². The molecule has 1 heterocycles. The van der Waals surface area contributed by atoms with Gasteiger partial charge in [0.25, 0.3) is 5.91 Å². The molecule has 26 heavy (non-hydrogen) atoms. The van der Waals surface area contributed by atoms with Crippen molar-refractivity contribution in [2.24, 2.45) is 10.9 Å². The zero-order valence-corrected chi connectivity index (χ0v) is 18.6. The highest BCUT2D eigenvalue weighted by atomic mass is 127. The molecule has 0 fully saturated rings. The first-order valence-corrected chi connectivity index (χ1v) is 8.89. The van der Waals surface area contributed by atoms with E-state index in [4.69, 9.17) is 9.15 Å². The van der Waals surface area contributed by atoms with Crippen LogP contribution in [0.4, 0.5) is 0 Å². The van der Waals surface area contributed by atoms with Crippen molar-refractivity contribution in [1.82, 2.24) is 16.0 Å². The first kappa shape index (κ1) is 24.7. The second kappa shape index (κ2) is 14.8. The summed E-state index contributed by atoms with van der Waals surface area (Å²) >= 11 is 0. The Morgan fingerprint density at radius 1 is 1.19 bits per heavy atom. The van der Waals surface area contributed by atoms with Gasteiger partial charge in [-0.15, -0.1) is 24.0 Å². The number of ether oxygens (including phenoxy) is 1. The molecule has 1 aromatic heterocycles. The van der Waals surface area contributed by atoms with Gasteiger partial charge in [-0.25, -0.2) is 0 Å². The number of amides is 1. The van der Waals surface area contributed by atoms with Crippen molar-refractivity contribution < 1.29 is 13.9 Å². The molecule has 0 aromatic carbocycles. The van der Waals surface area contributed by atoms with Crippen molar-refractivity contribution in [3.8, 4) is 0 Å². The molecule has 0 unspecified atom stereocenters. The van der Waals surface area contributed by atoms with Crippen LogP contribution in [0.5, 0.6) is 0 Å². The van der Waals surface area contributed by atoms with Crippen molar-refractivity contribution in [1.29, 1.82) is 0 Å². The molecule has 1 aromatic rings. The zero-order valence-electron chi connectivity index (χ0n) is 16.3. The Morgan fingerprint density at radius 3 is 2.50 bits per heavy atom. The van der Waals surface area contributed by atoms with Gasteiger partial charge in [0.2, 0.25) is 0 Å². The average molecular weight is 480 g/mol. The summed E-state index contributed by atoms with van der Waals surface area (Å²) in [5, 5.41) is 9.25. The van der Waals surface area contributed by atoms with E-state index in [1.807, 2.05) is 6.92 Å². The molecule has 0 radical (unpaired) electrons. The normalized spacial score (nSPS) is 11.2. The lowest BCUT2D eigenvalue weighted by Crippen LogP contribution is -2.40. The van der Waals surface area contributed by atoms with Crippen LogP contribution in [0.1, 0.15) is 42.8 Å². The first-order chi connectivity index (χ1) is 12.0. The van der Waals surface area contributed by atoms with Crippen LogP contribution in [-0.2, 0) is 4.74 Å². The molecule has 0 saturated heterocycles. The van der Waals surface area contributed by atoms with E-state index >= 15 is 0 Å². The molecular formula is C18H33IN4O3. The summed E-state index contributed by atoms with van der Waals surface area (Å²) in [6, 6.07) is 1.78. The third-order valence-electron chi connectivity index (χ3n) is 3.60. The van der Waals surface area contributed by atoms with Crippen molar-refractivity contribution in [3.05, 3.63) is 23.7 Å². The van der Waals surface area contributed by atoms with Gasteiger partial charge in [-0.3, -0.25) is 9.79 Å². The second-order valence-electron chi connectivity index (χ2n) is 6.26. The summed E-state index contributed by atoms with van der Waals surface area (Å²) in [5.74, 6) is 1.60. The summed E-state index contributed by atoms with van der Waals surface area (Å²) in [6.07, 6.45) is 3.39. The Kier molecular flexibility index (Phi) is 14.1. The molecule has 8 heteroatoms. The fraction of sp³-hybridized carbons (Fsp3) is 0.667. The van der Waals surface area contributed by atoms with Gasteiger partial charge in [-0.05, 0) is 31.7 Å². The third kappa shape index (κ3) is 10.6. The van der Waals surface area contributed by atoms with Gasteiger partial charge in [-0.1, -0.05) is 13.8 Å². The molecule has 7 nitrogen and oxygen atoms in total. The van der Waals surface area contributed by atoms with Crippen LogP contribution in [-0.4, -0.2) is 51.8 Å². The number of nitrogens with one attached hydrogen (secondary N) is 3. The molecule has 0 bridgehead atoms. The molecule has 0 aliphatic carbocycles. The highest BCUT2D eigenvalue weighted by molar-refractivity contribution is 14.0. The maximum Gasteiger partial charge on any atom is 0.287 e. The highest BCUT2D eigenvalue weighted by Crippen LogP contribution is 2.07. The van der Waals surface area contributed by atoms with Gasteiger partial charge in [0.1, 0.15) is 0 Å². The number of halogens is 1. The smallest absolute Gasteiger partial charge is 0.287 e.